The van der Waals surface area contributed by atoms with Gasteiger partial charge >= 0.3 is 12.4 Å². The Kier molecular flexibility index (Phi) is 7.13. The fourth-order valence-electron chi connectivity index (χ4n) is 5.18. The lowest BCUT2D eigenvalue weighted by atomic mass is 9.88. The molecule has 35 heavy (non-hydrogen) atoms. The number of benzene rings is 2. The summed E-state index contributed by atoms with van der Waals surface area (Å²) in [6.45, 7) is 1.74. The summed E-state index contributed by atoms with van der Waals surface area (Å²) in [7, 11) is 1.56. The van der Waals surface area contributed by atoms with Crippen molar-refractivity contribution in [2.75, 3.05) is 13.7 Å². The molecule has 2 aromatic carbocycles. The standard InChI is InChI=1S/C24H23ClF7NO2/c1-12(13-7-14(23(27,28)29)9-15(8-13)24(30,31)32)35-20-11-33-19(5-6-21(33)34-2)22(20)17-4-3-16(26)10-18(17)25/h3-4,7-10,12,19-22H,5-6,11H2,1-2H3/t12-,19?,20+,21?,22+/m1/s1. The van der Waals surface area contributed by atoms with E-state index in [1.165, 1.54) is 19.1 Å². The van der Waals surface area contributed by atoms with Crippen molar-refractivity contribution in [2.45, 2.75) is 62.5 Å². The van der Waals surface area contributed by atoms with Crippen LogP contribution < -0.4 is 0 Å². The Labute approximate surface area is 202 Å². The number of fused-ring (bicyclic) bond motifs is 1. The van der Waals surface area contributed by atoms with Gasteiger partial charge in [0.1, 0.15) is 12.0 Å². The number of hydrogen-bond donors (Lipinski definition) is 0. The third-order valence-electron chi connectivity index (χ3n) is 6.76. The van der Waals surface area contributed by atoms with Gasteiger partial charge in [0.25, 0.3) is 0 Å². The second-order valence-corrected chi connectivity index (χ2v) is 9.29. The van der Waals surface area contributed by atoms with Gasteiger partial charge < -0.3 is 9.47 Å². The predicted molar refractivity (Wildman–Crippen MR) is 114 cm³/mol. The van der Waals surface area contributed by atoms with E-state index >= 15 is 0 Å². The molecule has 5 atom stereocenters. The number of nitrogens with zero attached hydrogens (tertiary/aromatic N) is 1. The van der Waals surface area contributed by atoms with Gasteiger partial charge in [-0.25, -0.2) is 4.39 Å². The Morgan fingerprint density at radius 2 is 1.60 bits per heavy atom. The Bertz CT molecular complexity index is 1040. The van der Waals surface area contributed by atoms with Gasteiger partial charge in [0, 0.05) is 30.6 Å². The minimum atomic E-state index is -4.96. The molecule has 0 saturated carbocycles. The van der Waals surface area contributed by atoms with Gasteiger partial charge in [-0.2, -0.15) is 26.3 Å². The van der Waals surface area contributed by atoms with Gasteiger partial charge in [-0.3, -0.25) is 4.90 Å². The van der Waals surface area contributed by atoms with Crippen molar-refractivity contribution < 1.29 is 40.2 Å². The highest BCUT2D eigenvalue weighted by Crippen LogP contribution is 2.47. The number of methoxy groups -OCH3 is 1. The molecular formula is C24H23ClF7NO2. The summed E-state index contributed by atoms with van der Waals surface area (Å²) >= 11 is 6.34. The van der Waals surface area contributed by atoms with E-state index in [4.69, 9.17) is 21.1 Å². The molecule has 0 aliphatic carbocycles. The highest BCUT2D eigenvalue weighted by Gasteiger charge is 2.50. The molecule has 2 aliphatic heterocycles. The zero-order valence-electron chi connectivity index (χ0n) is 18.8. The fourth-order valence-corrected chi connectivity index (χ4v) is 5.47. The molecule has 11 heteroatoms. The summed E-state index contributed by atoms with van der Waals surface area (Å²) in [6, 6.07) is 5.32. The van der Waals surface area contributed by atoms with Crippen LogP contribution in [0.2, 0.25) is 5.02 Å². The van der Waals surface area contributed by atoms with Crippen molar-refractivity contribution in [1.82, 2.24) is 4.90 Å². The quantitative estimate of drug-likeness (QED) is 0.385. The van der Waals surface area contributed by atoms with Crippen molar-refractivity contribution in [3.8, 4) is 0 Å². The summed E-state index contributed by atoms with van der Waals surface area (Å²) in [5.41, 5.74) is -2.44. The smallest absolute Gasteiger partial charge is 0.369 e. The first-order valence-electron chi connectivity index (χ1n) is 11.0. The molecule has 2 aliphatic rings. The molecular weight excluding hydrogens is 503 g/mol. The van der Waals surface area contributed by atoms with Crippen molar-refractivity contribution in [1.29, 1.82) is 0 Å². The van der Waals surface area contributed by atoms with Crippen LogP contribution in [-0.2, 0) is 21.8 Å². The van der Waals surface area contributed by atoms with E-state index in [-0.39, 0.29) is 34.8 Å². The first-order chi connectivity index (χ1) is 16.3. The van der Waals surface area contributed by atoms with E-state index in [0.717, 1.165) is 6.42 Å². The SMILES string of the molecule is COC1CCC2[C@H](c3ccc(F)cc3Cl)[C@@H](O[C@H](C)c3cc(C(F)(F)F)cc(C(F)(F)F)c3)CN12. The molecule has 2 aromatic rings. The van der Waals surface area contributed by atoms with Crippen molar-refractivity contribution in [2.24, 2.45) is 0 Å². The topological polar surface area (TPSA) is 21.7 Å². The Morgan fingerprint density at radius 3 is 2.14 bits per heavy atom. The third kappa shape index (κ3) is 5.30. The maximum Gasteiger partial charge on any atom is 0.416 e. The van der Waals surface area contributed by atoms with Crippen LogP contribution in [-0.4, -0.2) is 36.9 Å². The predicted octanol–water partition coefficient (Wildman–Crippen LogP) is 7.20. The molecule has 2 unspecified atom stereocenters. The second kappa shape index (κ2) is 9.53. The first kappa shape index (κ1) is 26.2. The summed E-state index contributed by atoms with van der Waals surface area (Å²) in [5, 5.41) is 0.178. The van der Waals surface area contributed by atoms with Crippen LogP contribution in [0.15, 0.2) is 36.4 Å². The van der Waals surface area contributed by atoms with Crippen molar-refractivity contribution in [3.05, 3.63) is 69.5 Å². The fraction of sp³-hybridized carbons (Fsp3) is 0.500. The summed E-state index contributed by atoms with van der Waals surface area (Å²) in [4.78, 5) is 2.05. The van der Waals surface area contributed by atoms with Gasteiger partial charge in [-0.1, -0.05) is 17.7 Å². The molecule has 0 radical (unpaired) electrons. The number of hydrogen-bond acceptors (Lipinski definition) is 3. The molecule has 3 nitrogen and oxygen atoms in total. The maximum atomic E-state index is 13.7. The van der Waals surface area contributed by atoms with E-state index in [1.54, 1.807) is 13.2 Å². The number of rotatable bonds is 5. The van der Waals surface area contributed by atoms with Crippen LogP contribution >= 0.6 is 11.6 Å². The van der Waals surface area contributed by atoms with E-state index < -0.39 is 41.5 Å². The minimum Gasteiger partial charge on any atom is -0.369 e. The van der Waals surface area contributed by atoms with E-state index in [0.29, 0.717) is 30.7 Å². The molecule has 0 bridgehead atoms. The number of alkyl halides is 6. The van der Waals surface area contributed by atoms with Crippen LogP contribution in [0.3, 0.4) is 0 Å². The Balaban J connectivity index is 1.68. The first-order valence-corrected chi connectivity index (χ1v) is 11.4. The molecule has 0 N–H and O–H groups in total. The van der Waals surface area contributed by atoms with Crippen LogP contribution in [0.25, 0.3) is 0 Å². The van der Waals surface area contributed by atoms with Crippen LogP contribution in [0, 0.1) is 5.82 Å². The third-order valence-corrected chi connectivity index (χ3v) is 7.09. The van der Waals surface area contributed by atoms with Crippen LogP contribution in [0.5, 0.6) is 0 Å². The van der Waals surface area contributed by atoms with Gasteiger partial charge in [0.15, 0.2) is 0 Å². The molecule has 0 aromatic heterocycles. The molecule has 192 valence electrons. The van der Waals surface area contributed by atoms with Crippen LogP contribution in [0.1, 0.15) is 54.0 Å². The molecule has 4 rings (SSSR count). The minimum absolute atomic E-state index is 0.0894. The van der Waals surface area contributed by atoms with E-state index in [1.807, 2.05) is 0 Å². The summed E-state index contributed by atoms with van der Waals surface area (Å²) in [5.74, 6) is -0.900. The zero-order valence-corrected chi connectivity index (χ0v) is 19.5. The highest BCUT2D eigenvalue weighted by atomic mass is 35.5. The number of ether oxygens (including phenoxy) is 2. The monoisotopic (exact) mass is 525 g/mol. The molecule has 0 amide bonds. The average Bonchev–Trinajstić information content (AvgIpc) is 3.31. The molecule has 0 spiro atoms. The highest BCUT2D eigenvalue weighted by molar-refractivity contribution is 6.31. The second-order valence-electron chi connectivity index (χ2n) is 8.88. The lowest BCUT2D eigenvalue weighted by Gasteiger charge is -2.28. The zero-order chi connectivity index (χ0) is 25.7. The van der Waals surface area contributed by atoms with Gasteiger partial charge in [0.2, 0.25) is 0 Å². The van der Waals surface area contributed by atoms with Crippen molar-refractivity contribution in [3.63, 3.8) is 0 Å². The summed E-state index contributed by atoms with van der Waals surface area (Å²) in [6.07, 6.45) is -10.4. The van der Waals surface area contributed by atoms with Crippen molar-refractivity contribution >= 4 is 11.6 Å². The lowest BCUT2D eigenvalue weighted by Crippen LogP contribution is -2.34. The van der Waals surface area contributed by atoms with Gasteiger partial charge in [0.05, 0.1) is 23.3 Å². The van der Waals surface area contributed by atoms with Gasteiger partial charge in [-0.05, 0) is 61.2 Å². The molecule has 2 saturated heterocycles. The number of halogens is 8. The van der Waals surface area contributed by atoms with Gasteiger partial charge in [-0.15, -0.1) is 0 Å². The Morgan fingerprint density at radius 1 is 0.971 bits per heavy atom. The maximum absolute atomic E-state index is 13.7. The van der Waals surface area contributed by atoms with E-state index in [2.05, 4.69) is 4.90 Å². The average molecular weight is 526 g/mol. The van der Waals surface area contributed by atoms with E-state index in [9.17, 15) is 30.7 Å². The van der Waals surface area contributed by atoms with Crippen LogP contribution in [0.4, 0.5) is 30.7 Å². The lowest BCUT2D eigenvalue weighted by molar-refractivity contribution is -0.143. The molecule has 2 heterocycles. The largest absolute Gasteiger partial charge is 0.416 e. The normalized spacial score (nSPS) is 26.2. The summed E-state index contributed by atoms with van der Waals surface area (Å²) < 4.78 is 105. The Hall–Kier alpha value is -1.88. The molecule has 2 fully saturated rings.